The van der Waals surface area contributed by atoms with Crippen LogP contribution in [0.2, 0.25) is 0 Å². The van der Waals surface area contributed by atoms with Crippen LogP contribution in [0.25, 0.3) is 22.4 Å². The van der Waals surface area contributed by atoms with Gasteiger partial charge in [-0.15, -0.1) is 0 Å². The van der Waals surface area contributed by atoms with Crippen LogP contribution in [0.1, 0.15) is 12.2 Å². The number of fused-ring (bicyclic) bond motifs is 1. The van der Waals surface area contributed by atoms with E-state index in [9.17, 15) is 22.4 Å². The summed E-state index contributed by atoms with van der Waals surface area (Å²) in [6.45, 7) is 3.20. The van der Waals surface area contributed by atoms with E-state index in [0.717, 1.165) is 28.3 Å². The normalized spacial score (nSPS) is 21.8. The van der Waals surface area contributed by atoms with Crippen molar-refractivity contribution >= 4 is 22.8 Å². The maximum atomic E-state index is 13.4. The number of aromatic nitrogens is 4. The summed E-state index contributed by atoms with van der Waals surface area (Å²) in [6.07, 6.45) is -0.644. The zero-order valence-electron chi connectivity index (χ0n) is 18.0. The summed E-state index contributed by atoms with van der Waals surface area (Å²) < 4.78 is 59.4. The second-order valence-corrected chi connectivity index (χ2v) is 8.44. The molecule has 1 aliphatic carbocycles. The average molecular weight is 466 g/mol. The summed E-state index contributed by atoms with van der Waals surface area (Å²) in [5, 5.41) is 0.892. The molecule has 1 aliphatic heterocycles. The monoisotopic (exact) mass is 466 g/mol. The smallest absolute Gasteiger partial charge is 0.410 e. The van der Waals surface area contributed by atoms with Gasteiger partial charge in [0, 0.05) is 56.7 Å². The van der Waals surface area contributed by atoms with E-state index in [-0.39, 0.29) is 13.1 Å². The highest BCUT2D eigenvalue weighted by molar-refractivity contribution is 5.93. The largest absolute Gasteiger partial charge is 0.439 e. The number of anilines is 1. The van der Waals surface area contributed by atoms with Crippen molar-refractivity contribution in [2.75, 3.05) is 31.1 Å². The minimum Gasteiger partial charge on any atom is -0.439 e. The van der Waals surface area contributed by atoms with Gasteiger partial charge in [0.05, 0.1) is 12.1 Å². The molecule has 12 heteroatoms. The van der Waals surface area contributed by atoms with Crippen LogP contribution in [-0.2, 0) is 11.8 Å². The van der Waals surface area contributed by atoms with E-state index in [1.54, 1.807) is 6.20 Å². The van der Waals surface area contributed by atoms with E-state index in [1.165, 1.54) is 4.90 Å². The Balaban J connectivity index is 1.27. The van der Waals surface area contributed by atoms with E-state index >= 15 is 0 Å². The molecule has 33 heavy (non-hydrogen) atoms. The maximum absolute atomic E-state index is 13.4. The van der Waals surface area contributed by atoms with Gasteiger partial charge in [-0.05, 0) is 19.1 Å². The van der Waals surface area contributed by atoms with E-state index < -0.39 is 30.5 Å². The standard InChI is InChI=1S/C21H22F4N6O2/c1-12-27-15(11-29(12)2)14-9-13-16(3-4-26-18(13)28-14)30-5-7-31(8-6-30)19(32)33-17-10-20(22,23)21(17,24)25/h3-4,9,11,17H,5-8,10H2,1-2H3,(H,26,28)/t17-/m0/s1. The molecule has 0 bridgehead atoms. The predicted octanol–water partition coefficient (Wildman–Crippen LogP) is 3.57. The Hall–Kier alpha value is -3.31. The number of aryl methyl sites for hydroxylation is 2. The summed E-state index contributed by atoms with van der Waals surface area (Å²) in [7, 11) is 1.92. The molecule has 5 rings (SSSR count). The minimum absolute atomic E-state index is 0.216. The number of carbonyl (C=O) groups is 1. The van der Waals surface area contributed by atoms with E-state index in [1.807, 2.05) is 36.9 Å². The van der Waals surface area contributed by atoms with Crippen LogP contribution in [0.15, 0.2) is 24.5 Å². The minimum atomic E-state index is -4.33. The molecule has 0 spiro atoms. The number of carbonyl (C=O) groups excluding carboxylic acids is 1. The molecule has 0 aromatic carbocycles. The van der Waals surface area contributed by atoms with Gasteiger partial charge in [0.2, 0.25) is 0 Å². The van der Waals surface area contributed by atoms with Gasteiger partial charge in [-0.25, -0.2) is 14.8 Å². The number of ether oxygens (including phenoxy) is 1. The average Bonchev–Trinajstić information content (AvgIpc) is 3.36. The quantitative estimate of drug-likeness (QED) is 0.597. The van der Waals surface area contributed by atoms with Gasteiger partial charge in [0.25, 0.3) is 0 Å². The molecule has 2 fully saturated rings. The Morgan fingerprint density at radius 2 is 1.94 bits per heavy atom. The fourth-order valence-corrected chi connectivity index (χ4v) is 4.16. The molecule has 8 nitrogen and oxygen atoms in total. The number of hydrogen-bond donors (Lipinski definition) is 1. The molecule has 1 N–H and O–H groups in total. The van der Waals surface area contributed by atoms with Gasteiger partial charge in [0.15, 0.2) is 6.10 Å². The molecule has 176 valence electrons. The predicted molar refractivity (Wildman–Crippen MR) is 112 cm³/mol. The molecule has 0 unspecified atom stereocenters. The second kappa shape index (κ2) is 7.35. The van der Waals surface area contributed by atoms with Gasteiger partial charge in [-0.2, -0.15) is 17.6 Å². The van der Waals surface area contributed by atoms with E-state index in [4.69, 9.17) is 0 Å². The first kappa shape index (κ1) is 21.5. The van der Waals surface area contributed by atoms with Crippen molar-refractivity contribution in [1.82, 2.24) is 24.4 Å². The highest BCUT2D eigenvalue weighted by atomic mass is 19.3. The highest BCUT2D eigenvalue weighted by Gasteiger charge is 2.74. The summed E-state index contributed by atoms with van der Waals surface area (Å²) in [6, 6.07) is 3.84. The van der Waals surface area contributed by atoms with E-state index in [2.05, 4.69) is 24.6 Å². The Bertz CT molecular complexity index is 1200. The third kappa shape index (κ3) is 3.47. The Morgan fingerprint density at radius 1 is 1.21 bits per heavy atom. The number of imidazole rings is 1. The molecule has 1 amide bonds. The summed E-state index contributed by atoms with van der Waals surface area (Å²) in [4.78, 5) is 27.8. The molecule has 1 atom stereocenters. The number of nitrogens with zero attached hydrogens (tertiary/aromatic N) is 5. The number of halogens is 4. The number of alkyl halides is 4. The summed E-state index contributed by atoms with van der Waals surface area (Å²) in [5.74, 6) is -7.58. The van der Waals surface area contributed by atoms with Crippen LogP contribution < -0.4 is 4.90 Å². The number of pyridine rings is 1. The van der Waals surface area contributed by atoms with Crippen LogP contribution in [0.3, 0.4) is 0 Å². The van der Waals surface area contributed by atoms with Crippen molar-refractivity contribution in [3.8, 4) is 11.4 Å². The lowest BCUT2D eigenvalue weighted by Gasteiger charge is -2.43. The molecule has 1 saturated carbocycles. The van der Waals surface area contributed by atoms with Gasteiger partial charge in [-0.3, -0.25) is 0 Å². The SMILES string of the molecule is Cc1nc(-c2cc3c(N4CCN(C(=O)O[C@H]5CC(F)(F)C5(F)F)CC4)ccnc3[nH]2)cn1C. The lowest BCUT2D eigenvalue weighted by Crippen LogP contribution is -2.64. The number of hydrogen-bond acceptors (Lipinski definition) is 5. The number of amides is 1. The van der Waals surface area contributed by atoms with Crippen molar-refractivity contribution in [2.24, 2.45) is 7.05 Å². The Labute approximate surface area is 186 Å². The molecular formula is C21H22F4N6O2. The van der Waals surface area contributed by atoms with Crippen LogP contribution in [0, 0.1) is 6.92 Å². The summed E-state index contributed by atoms with van der Waals surface area (Å²) >= 11 is 0. The topological polar surface area (TPSA) is 79.3 Å². The Kier molecular flexibility index (Phi) is 4.80. The van der Waals surface area contributed by atoms with Crippen molar-refractivity contribution in [2.45, 2.75) is 31.3 Å². The lowest BCUT2D eigenvalue weighted by molar-refractivity contribution is -0.330. The highest BCUT2D eigenvalue weighted by Crippen LogP contribution is 2.52. The number of H-pyrrole nitrogens is 1. The summed E-state index contributed by atoms with van der Waals surface area (Å²) in [5.41, 5.74) is 3.23. The van der Waals surface area contributed by atoms with Crippen molar-refractivity contribution in [1.29, 1.82) is 0 Å². The van der Waals surface area contributed by atoms with Crippen LogP contribution in [0.5, 0.6) is 0 Å². The van der Waals surface area contributed by atoms with Gasteiger partial charge in [0.1, 0.15) is 17.2 Å². The number of nitrogens with one attached hydrogen (secondary N) is 1. The van der Waals surface area contributed by atoms with Crippen LogP contribution in [0.4, 0.5) is 28.0 Å². The lowest BCUT2D eigenvalue weighted by atomic mass is 9.85. The Morgan fingerprint density at radius 3 is 2.55 bits per heavy atom. The molecule has 0 radical (unpaired) electrons. The first-order chi connectivity index (χ1) is 15.6. The first-order valence-electron chi connectivity index (χ1n) is 10.5. The first-order valence-corrected chi connectivity index (χ1v) is 10.5. The third-order valence-corrected chi connectivity index (χ3v) is 6.35. The molecule has 3 aromatic heterocycles. The number of aromatic amines is 1. The van der Waals surface area contributed by atoms with Gasteiger partial charge in [-0.1, -0.05) is 0 Å². The zero-order chi connectivity index (χ0) is 23.5. The van der Waals surface area contributed by atoms with Crippen molar-refractivity contribution in [3.05, 3.63) is 30.4 Å². The maximum Gasteiger partial charge on any atom is 0.410 e. The van der Waals surface area contributed by atoms with Crippen molar-refractivity contribution in [3.63, 3.8) is 0 Å². The van der Waals surface area contributed by atoms with Gasteiger partial charge < -0.3 is 24.1 Å². The van der Waals surface area contributed by atoms with Crippen LogP contribution in [-0.4, -0.2) is 74.6 Å². The fraction of sp³-hybridized carbons (Fsp3) is 0.476. The number of rotatable bonds is 3. The number of piperazine rings is 1. The molecule has 1 saturated heterocycles. The third-order valence-electron chi connectivity index (χ3n) is 6.35. The molecule has 4 heterocycles. The zero-order valence-corrected chi connectivity index (χ0v) is 18.0. The van der Waals surface area contributed by atoms with E-state index in [0.29, 0.717) is 18.7 Å². The van der Waals surface area contributed by atoms with Crippen molar-refractivity contribution < 1.29 is 27.1 Å². The fourth-order valence-electron chi connectivity index (χ4n) is 4.16. The molecule has 3 aromatic rings. The van der Waals surface area contributed by atoms with Crippen LogP contribution >= 0.6 is 0 Å². The second-order valence-electron chi connectivity index (χ2n) is 8.44. The molecular weight excluding hydrogens is 444 g/mol. The van der Waals surface area contributed by atoms with Gasteiger partial charge >= 0.3 is 17.9 Å². The molecule has 2 aliphatic rings.